The standard InChI is InChI=1S/C22H23ClN6O3/c1-12-6-15-9-22(8-12,20-28-27-13(2)32-20)29(15)21(30)26-14-4-5-18(23)17(7-14)19-24-10-16(31-3)11-25-19/h4-5,7,10-12,15H,6,8-9H2,1-3H3,(H,26,30)/t12-,15?,22?/m0/s1. The molecule has 0 aliphatic carbocycles. The van der Waals surface area contributed by atoms with Crippen LogP contribution in [0.5, 0.6) is 5.75 Å². The van der Waals surface area contributed by atoms with Gasteiger partial charge in [0.05, 0.1) is 24.5 Å². The Labute approximate surface area is 190 Å². The number of anilines is 1. The van der Waals surface area contributed by atoms with Gasteiger partial charge < -0.3 is 19.4 Å². The molecule has 1 aromatic carbocycles. The number of nitrogens with zero attached hydrogens (tertiary/aromatic N) is 5. The molecule has 166 valence electrons. The number of aryl methyl sites for hydroxylation is 1. The Morgan fingerprint density at radius 1 is 1.28 bits per heavy atom. The van der Waals surface area contributed by atoms with Crippen molar-refractivity contribution in [2.45, 2.75) is 44.7 Å². The van der Waals surface area contributed by atoms with Crippen molar-refractivity contribution in [1.82, 2.24) is 25.1 Å². The fourth-order valence-electron chi connectivity index (χ4n) is 4.95. The number of ether oxygens (including phenoxy) is 1. The molecule has 3 atom stereocenters. The summed E-state index contributed by atoms with van der Waals surface area (Å²) in [6.07, 6.45) is 5.72. The van der Waals surface area contributed by atoms with Crippen molar-refractivity contribution in [3.8, 4) is 17.1 Å². The van der Waals surface area contributed by atoms with E-state index in [0.29, 0.717) is 45.5 Å². The number of halogens is 1. The van der Waals surface area contributed by atoms with Crippen LogP contribution in [0, 0.1) is 12.8 Å². The molecule has 2 unspecified atom stereocenters. The lowest BCUT2D eigenvalue weighted by molar-refractivity contribution is -0.110. The van der Waals surface area contributed by atoms with Crippen molar-refractivity contribution in [2.75, 3.05) is 12.4 Å². The number of fused-ring (bicyclic) bond motifs is 2. The molecule has 32 heavy (non-hydrogen) atoms. The van der Waals surface area contributed by atoms with Gasteiger partial charge in [0.15, 0.2) is 11.6 Å². The number of methoxy groups -OCH3 is 1. The van der Waals surface area contributed by atoms with Crippen molar-refractivity contribution < 1.29 is 13.9 Å². The van der Waals surface area contributed by atoms with Gasteiger partial charge in [-0.05, 0) is 37.0 Å². The minimum Gasteiger partial charge on any atom is -0.494 e. The first-order valence-corrected chi connectivity index (χ1v) is 10.8. The lowest BCUT2D eigenvalue weighted by atomic mass is 9.64. The molecule has 3 aromatic rings. The molecule has 2 saturated heterocycles. The van der Waals surface area contributed by atoms with Crippen LogP contribution in [0.1, 0.15) is 38.0 Å². The van der Waals surface area contributed by atoms with Crippen molar-refractivity contribution in [2.24, 2.45) is 5.92 Å². The van der Waals surface area contributed by atoms with Crippen LogP contribution in [0.25, 0.3) is 11.4 Å². The molecule has 9 nitrogen and oxygen atoms in total. The van der Waals surface area contributed by atoms with Crippen molar-refractivity contribution in [3.63, 3.8) is 0 Å². The van der Waals surface area contributed by atoms with Gasteiger partial charge in [0.25, 0.3) is 0 Å². The second kappa shape index (κ2) is 7.74. The number of amides is 2. The fourth-order valence-corrected chi connectivity index (χ4v) is 5.15. The third-order valence-corrected chi connectivity index (χ3v) is 6.56. The largest absolute Gasteiger partial charge is 0.494 e. The monoisotopic (exact) mass is 454 g/mol. The van der Waals surface area contributed by atoms with Gasteiger partial charge in [-0.25, -0.2) is 14.8 Å². The SMILES string of the molecule is COc1cnc(-c2cc(NC(=O)N3C4C[C@H](C)CC3(c3nnc(C)o3)C4)ccc2Cl)nc1. The molecular weight excluding hydrogens is 432 g/mol. The second-order valence-electron chi connectivity index (χ2n) is 8.50. The lowest BCUT2D eigenvalue weighted by Crippen LogP contribution is -2.70. The Bertz CT molecular complexity index is 1170. The number of urea groups is 1. The molecule has 4 heterocycles. The van der Waals surface area contributed by atoms with E-state index in [-0.39, 0.29) is 12.1 Å². The molecule has 0 radical (unpaired) electrons. The minimum atomic E-state index is -0.554. The number of hydrogen-bond acceptors (Lipinski definition) is 7. The zero-order chi connectivity index (χ0) is 22.5. The van der Waals surface area contributed by atoms with Crippen LogP contribution >= 0.6 is 11.6 Å². The van der Waals surface area contributed by atoms with Gasteiger partial charge in [0.2, 0.25) is 11.8 Å². The number of nitrogens with one attached hydrogen (secondary N) is 1. The summed E-state index contributed by atoms with van der Waals surface area (Å²) in [6, 6.07) is 5.19. The van der Waals surface area contributed by atoms with E-state index in [1.54, 1.807) is 44.6 Å². The topological polar surface area (TPSA) is 106 Å². The number of piperidine rings is 1. The summed E-state index contributed by atoms with van der Waals surface area (Å²) in [4.78, 5) is 23.8. The Morgan fingerprint density at radius 2 is 2.06 bits per heavy atom. The third-order valence-electron chi connectivity index (χ3n) is 6.23. The van der Waals surface area contributed by atoms with E-state index >= 15 is 0 Å². The zero-order valence-corrected chi connectivity index (χ0v) is 18.8. The van der Waals surface area contributed by atoms with Crippen LogP contribution in [0.4, 0.5) is 10.5 Å². The maximum absolute atomic E-state index is 13.4. The highest BCUT2D eigenvalue weighted by molar-refractivity contribution is 6.33. The summed E-state index contributed by atoms with van der Waals surface area (Å²) < 4.78 is 10.9. The van der Waals surface area contributed by atoms with E-state index in [9.17, 15) is 4.79 Å². The normalized spacial score (nSPS) is 24.1. The molecule has 2 fully saturated rings. The number of carbonyl (C=O) groups is 1. The molecule has 2 aliphatic heterocycles. The van der Waals surface area contributed by atoms with Gasteiger partial charge >= 0.3 is 6.03 Å². The van der Waals surface area contributed by atoms with Crippen LogP contribution < -0.4 is 10.1 Å². The molecule has 0 saturated carbocycles. The quantitative estimate of drug-likeness (QED) is 0.621. The molecular formula is C22H23ClN6O3. The molecule has 5 rings (SSSR count). The van der Waals surface area contributed by atoms with Gasteiger partial charge in [0.1, 0.15) is 5.54 Å². The van der Waals surface area contributed by atoms with Crippen LogP contribution in [0.3, 0.4) is 0 Å². The zero-order valence-electron chi connectivity index (χ0n) is 18.0. The van der Waals surface area contributed by atoms with E-state index in [4.69, 9.17) is 20.8 Å². The van der Waals surface area contributed by atoms with Gasteiger partial charge in [0, 0.05) is 30.6 Å². The van der Waals surface area contributed by atoms with E-state index in [0.717, 1.165) is 19.3 Å². The Balaban J connectivity index is 1.41. The number of carbonyl (C=O) groups excluding carboxylic acids is 1. The number of aromatic nitrogens is 4. The van der Waals surface area contributed by atoms with Crippen molar-refractivity contribution >= 4 is 23.3 Å². The Morgan fingerprint density at radius 3 is 2.75 bits per heavy atom. The maximum atomic E-state index is 13.4. The first-order valence-electron chi connectivity index (χ1n) is 10.5. The first-order chi connectivity index (χ1) is 15.4. The van der Waals surface area contributed by atoms with E-state index in [1.165, 1.54) is 0 Å². The number of rotatable bonds is 4. The van der Waals surface area contributed by atoms with Crippen LogP contribution in [0.2, 0.25) is 5.02 Å². The number of hydrogen-bond donors (Lipinski definition) is 1. The van der Waals surface area contributed by atoms with Gasteiger partial charge in [-0.1, -0.05) is 18.5 Å². The average molecular weight is 455 g/mol. The molecule has 2 aliphatic rings. The molecule has 2 bridgehead atoms. The highest BCUT2D eigenvalue weighted by Gasteiger charge is 2.62. The summed E-state index contributed by atoms with van der Waals surface area (Å²) >= 11 is 6.38. The van der Waals surface area contributed by atoms with Crippen molar-refractivity contribution in [3.05, 3.63) is 47.4 Å². The maximum Gasteiger partial charge on any atom is 0.323 e. The second-order valence-corrected chi connectivity index (χ2v) is 8.91. The molecule has 10 heteroatoms. The smallest absolute Gasteiger partial charge is 0.323 e. The molecule has 2 aromatic heterocycles. The average Bonchev–Trinajstić information content (AvgIpc) is 3.21. The summed E-state index contributed by atoms with van der Waals surface area (Å²) in [6.45, 7) is 3.95. The third kappa shape index (κ3) is 3.37. The van der Waals surface area contributed by atoms with E-state index in [1.807, 2.05) is 4.90 Å². The predicted molar refractivity (Wildman–Crippen MR) is 117 cm³/mol. The van der Waals surface area contributed by atoms with Gasteiger partial charge in [-0.3, -0.25) is 0 Å². The molecule has 0 spiro atoms. The lowest BCUT2D eigenvalue weighted by Gasteiger charge is -2.61. The summed E-state index contributed by atoms with van der Waals surface area (Å²) in [5.74, 6) is 2.47. The summed E-state index contributed by atoms with van der Waals surface area (Å²) in [5, 5.41) is 11.7. The van der Waals surface area contributed by atoms with Gasteiger partial charge in [-0.2, -0.15) is 0 Å². The minimum absolute atomic E-state index is 0.141. The Hall–Kier alpha value is -3.20. The van der Waals surface area contributed by atoms with Gasteiger partial charge in [-0.15, -0.1) is 10.2 Å². The molecule has 1 N–H and O–H groups in total. The van der Waals surface area contributed by atoms with Crippen LogP contribution in [-0.2, 0) is 5.54 Å². The van der Waals surface area contributed by atoms with Crippen LogP contribution in [0.15, 0.2) is 35.0 Å². The summed E-state index contributed by atoms with van der Waals surface area (Å²) in [5.41, 5.74) is 0.664. The predicted octanol–water partition coefficient (Wildman–Crippen LogP) is 4.43. The van der Waals surface area contributed by atoms with Crippen LogP contribution in [-0.4, -0.2) is 44.2 Å². The van der Waals surface area contributed by atoms with Crippen molar-refractivity contribution in [1.29, 1.82) is 0 Å². The van der Waals surface area contributed by atoms with E-state index in [2.05, 4.69) is 32.4 Å². The molecule has 2 amide bonds. The highest BCUT2D eigenvalue weighted by atomic mass is 35.5. The first kappa shape index (κ1) is 20.7. The number of benzene rings is 1. The fraction of sp³-hybridized carbons (Fsp3) is 0.409. The summed E-state index contributed by atoms with van der Waals surface area (Å²) in [7, 11) is 1.55. The highest BCUT2D eigenvalue weighted by Crippen LogP contribution is 2.55. The van der Waals surface area contributed by atoms with E-state index < -0.39 is 5.54 Å². The Kier molecular flexibility index (Phi) is 5.00.